The van der Waals surface area contributed by atoms with Crippen LogP contribution in [0.25, 0.3) is 0 Å². The summed E-state index contributed by atoms with van der Waals surface area (Å²) in [6, 6.07) is 0. The molecular formula is C12H18O3. The molecule has 0 atom stereocenters. The van der Waals surface area contributed by atoms with E-state index in [4.69, 9.17) is 0 Å². The van der Waals surface area contributed by atoms with E-state index in [-0.39, 0.29) is 5.97 Å². The number of carbonyl (C=O) groups is 2. The summed E-state index contributed by atoms with van der Waals surface area (Å²) >= 11 is 0. The molecule has 0 aromatic carbocycles. The molecule has 0 rings (SSSR count). The average molecular weight is 210 g/mol. The molecule has 3 heteroatoms. The summed E-state index contributed by atoms with van der Waals surface area (Å²) in [6.07, 6.45) is 12.2. The van der Waals surface area contributed by atoms with Crippen LogP contribution in [0.15, 0.2) is 24.3 Å². The van der Waals surface area contributed by atoms with E-state index in [1.165, 1.54) is 7.11 Å². The minimum Gasteiger partial charge on any atom is -0.469 e. The summed E-state index contributed by atoms with van der Waals surface area (Å²) in [6.45, 7) is 0. The van der Waals surface area contributed by atoms with E-state index in [2.05, 4.69) is 4.74 Å². The first-order valence-corrected chi connectivity index (χ1v) is 5.11. The lowest BCUT2D eigenvalue weighted by Gasteiger charge is -1.95. The topological polar surface area (TPSA) is 43.4 Å². The highest BCUT2D eigenvalue weighted by Crippen LogP contribution is 1.99. The van der Waals surface area contributed by atoms with Crippen molar-refractivity contribution in [1.82, 2.24) is 0 Å². The Labute approximate surface area is 90.8 Å². The maximum absolute atomic E-state index is 10.7. The number of esters is 1. The number of aldehydes is 1. The van der Waals surface area contributed by atoms with E-state index in [0.29, 0.717) is 12.8 Å². The first-order valence-electron chi connectivity index (χ1n) is 5.11. The van der Waals surface area contributed by atoms with Crippen molar-refractivity contribution in [1.29, 1.82) is 0 Å². The number of rotatable bonds is 8. The van der Waals surface area contributed by atoms with Gasteiger partial charge in [-0.05, 0) is 19.3 Å². The van der Waals surface area contributed by atoms with E-state index in [0.717, 1.165) is 25.5 Å². The molecule has 0 N–H and O–H groups in total. The fourth-order valence-corrected chi connectivity index (χ4v) is 1.01. The van der Waals surface area contributed by atoms with Crippen LogP contribution in [-0.4, -0.2) is 19.4 Å². The monoisotopic (exact) mass is 210 g/mol. The number of methoxy groups -OCH3 is 1. The fraction of sp³-hybridized carbons (Fsp3) is 0.500. The summed E-state index contributed by atoms with van der Waals surface area (Å²) in [5, 5.41) is 0. The molecule has 0 fully saturated rings. The lowest BCUT2D eigenvalue weighted by atomic mass is 10.2. The van der Waals surface area contributed by atoms with Gasteiger partial charge in [0.2, 0.25) is 0 Å². The van der Waals surface area contributed by atoms with Gasteiger partial charge in [-0.25, -0.2) is 0 Å². The van der Waals surface area contributed by atoms with Crippen LogP contribution in [0.3, 0.4) is 0 Å². The zero-order valence-electron chi connectivity index (χ0n) is 9.15. The Morgan fingerprint density at radius 1 is 1.13 bits per heavy atom. The van der Waals surface area contributed by atoms with Gasteiger partial charge in [0.25, 0.3) is 0 Å². The molecule has 3 nitrogen and oxygen atoms in total. The first-order chi connectivity index (χ1) is 7.31. The number of unbranched alkanes of at least 4 members (excludes halogenated alkanes) is 1. The molecule has 0 unspecified atom stereocenters. The number of ether oxygens (including phenoxy) is 1. The van der Waals surface area contributed by atoms with E-state index in [9.17, 15) is 9.59 Å². The molecule has 0 aliphatic rings. The summed E-state index contributed by atoms with van der Waals surface area (Å²) in [7, 11) is 1.40. The van der Waals surface area contributed by atoms with Crippen molar-refractivity contribution in [3.8, 4) is 0 Å². The Bertz CT molecular complexity index is 229. The minimum absolute atomic E-state index is 0.158. The van der Waals surface area contributed by atoms with Gasteiger partial charge in [-0.15, -0.1) is 0 Å². The molecule has 0 aromatic heterocycles. The van der Waals surface area contributed by atoms with Gasteiger partial charge in [-0.2, -0.15) is 0 Å². The van der Waals surface area contributed by atoms with Crippen molar-refractivity contribution < 1.29 is 14.3 Å². The first kappa shape index (κ1) is 13.6. The summed E-state index contributed by atoms with van der Waals surface area (Å²) in [5.41, 5.74) is 0. The number of hydrogen-bond donors (Lipinski definition) is 0. The number of hydrogen-bond acceptors (Lipinski definition) is 3. The van der Waals surface area contributed by atoms with Gasteiger partial charge in [0.1, 0.15) is 6.29 Å². The minimum atomic E-state index is -0.158. The molecule has 0 bridgehead atoms. The van der Waals surface area contributed by atoms with Crippen molar-refractivity contribution in [3.05, 3.63) is 24.3 Å². The zero-order valence-corrected chi connectivity index (χ0v) is 9.15. The van der Waals surface area contributed by atoms with Crippen molar-refractivity contribution >= 4 is 12.3 Å². The van der Waals surface area contributed by atoms with Gasteiger partial charge in [-0.3, -0.25) is 4.79 Å². The highest BCUT2D eigenvalue weighted by molar-refractivity contribution is 5.69. The van der Waals surface area contributed by atoms with E-state index in [1.807, 2.05) is 24.3 Å². The highest BCUT2D eigenvalue weighted by Gasteiger charge is 1.96. The van der Waals surface area contributed by atoms with Crippen LogP contribution in [-0.2, 0) is 14.3 Å². The molecule has 15 heavy (non-hydrogen) atoms. The van der Waals surface area contributed by atoms with Crippen LogP contribution in [0.5, 0.6) is 0 Å². The Kier molecular flexibility index (Phi) is 9.71. The zero-order chi connectivity index (χ0) is 11.4. The maximum atomic E-state index is 10.7. The third kappa shape index (κ3) is 10.5. The summed E-state index contributed by atoms with van der Waals surface area (Å²) < 4.78 is 4.51. The molecule has 0 saturated heterocycles. The second-order valence-electron chi connectivity index (χ2n) is 3.05. The van der Waals surface area contributed by atoms with Crippen LogP contribution >= 0.6 is 0 Å². The second-order valence-corrected chi connectivity index (χ2v) is 3.05. The van der Waals surface area contributed by atoms with Gasteiger partial charge in [-0.1, -0.05) is 24.3 Å². The normalized spacial score (nSPS) is 11.0. The van der Waals surface area contributed by atoms with E-state index < -0.39 is 0 Å². The van der Waals surface area contributed by atoms with Crippen LogP contribution in [0.2, 0.25) is 0 Å². The van der Waals surface area contributed by atoms with Gasteiger partial charge in [0, 0.05) is 12.8 Å². The molecule has 0 radical (unpaired) electrons. The predicted octanol–water partition coefficient (Wildman–Crippen LogP) is 2.42. The fourth-order valence-electron chi connectivity index (χ4n) is 1.01. The maximum Gasteiger partial charge on any atom is 0.305 e. The largest absolute Gasteiger partial charge is 0.469 e. The predicted molar refractivity (Wildman–Crippen MR) is 59.4 cm³/mol. The lowest BCUT2D eigenvalue weighted by Crippen LogP contribution is -1.98. The van der Waals surface area contributed by atoms with Crippen molar-refractivity contribution in [2.45, 2.75) is 32.1 Å². The average Bonchev–Trinajstić information content (AvgIpc) is 2.26. The summed E-state index contributed by atoms with van der Waals surface area (Å²) in [4.78, 5) is 20.7. The van der Waals surface area contributed by atoms with Crippen molar-refractivity contribution in [3.63, 3.8) is 0 Å². The molecule has 0 saturated carbocycles. The quantitative estimate of drug-likeness (QED) is 0.267. The van der Waals surface area contributed by atoms with Gasteiger partial charge in [0.05, 0.1) is 7.11 Å². The Hall–Kier alpha value is -1.38. The van der Waals surface area contributed by atoms with Crippen LogP contribution < -0.4 is 0 Å². The van der Waals surface area contributed by atoms with Crippen LogP contribution in [0.4, 0.5) is 0 Å². The van der Waals surface area contributed by atoms with Crippen LogP contribution in [0, 0.1) is 0 Å². The smallest absolute Gasteiger partial charge is 0.305 e. The summed E-state index contributed by atoms with van der Waals surface area (Å²) in [5.74, 6) is -0.158. The van der Waals surface area contributed by atoms with Crippen molar-refractivity contribution in [2.75, 3.05) is 7.11 Å². The number of carbonyl (C=O) groups excluding carboxylic acids is 2. The van der Waals surface area contributed by atoms with Gasteiger partial charge >= 0.3 is 5.97 Å². The molecule has 0 spiro atoms. The molecule has 0 heterocycles. The lowest BCUT2D eigenvalue weighted by molar-refractivity contribution is -0.140. The standard InChI is InChI=1S/C12H18O3/c1-15-12(14)10-8-6-4-2-3-5-7-9-11-13/h2,4-5,7,11H,3,6,8-10H2,1H3/b4-2-,7-5-. The van der Waals surface area contributed by atoms with Crippen LogP contribution in [0.1, 0.15) is 32.1 Å². The molecule has 0 aliphatic carbocycles. The van der Waals surface area contributed by atoms with E-state index in [1.54, 1.807) is 0 Å². The molecule has 0 amide bonds. The Morgan fingerprint density at radius 2 is 1.80 bits per heavy atom. The Morgan fingerprint density at radius 3 is 2.47 bits per heavy atom. The van der Waals surface area contributed by atoms with Gasteiger partial charge in [0.15, 0.2) is 0 Å². The molecule has 0 aliphatic heterocycles. The second kappa shape index (κ2) is 10.7. The highest BCUT2D eigenvalue weighted by atomic mass is 16.5. The SMILES string of the molecule is COC(=O)CCC/C=C\C/C=C\CC=O. The molecule has 84 valence electrons. The third-order valence-electron chi connectivity index (χ3n) is 1.82. The van der Waals surface area contributed by atoms with Gasteiger partial charge < -0.3 is 9.53 Å². The number of allylic oxidation sites excluding steroid dienone is 4. The van der Waals surface area contributed by atoms with E-state index >= 15 is 0 Å². The molecule has 0 aromatic rings. The van der Waals surface area contributed by atoms with Crippen molar-refractivity contribution in [2.24, 2.45) is 0 Å². The third-order valence-corrected chi connectivity index (χ3v) is 1.82. The Balaban J connectivity index is 3.31. The molecular weight excluding hydrogens is 192 g/mol.